The van der Waals surface area contributed by atoms with Crippen LogP contribution >= 0.6 is 11.6 Å². The molecule has 0 aliphatic rings. The Morgan fingerprint density at radius 1 is 1.42 bits per heavy atom. The van der Waals surface area contributed by atoms with E-state index in [-0.39, 0.29) is 0 Å². The van der Waals surface area contributed by atoms with Crippen molar-refractivity contribution in [1.29, 1.82) is 0 Å². The topological polar surface area (TPSA) is 49.3 Å². The van der Waals surface area contributed by atoms with Gasteiger partial charge in [-0.3, -0.25) is 0 Å². The molecule has 0 saturated heterocycles. The minimum atomic E-state index is -1.13. The van der Waals surface area contributed by atoms with Gasteiger partial charge in [-0.05, 0) is 5.56 Å². The summed E-state index contributed by atoms with van der Waals surface area (Å²) in [5.74, 6) is 0. The van der Waals surface area contributed by atoms with Crippen LogP contribution in [0.3, 0.4) is 0 Å². The Hall–Kier alpha value is -1.22. The van der Waals surface area contributed by atoms with Gasteiger partial charge in [-0.2, -0.15) is 0 Å². The Morgan fingerprint density at radius 3 is 2.50 bits per heavy atom. The molecule has 1 rings (SSSR count). The van der Waals surface area contributed by atoms with E-state index < -0.39 is 11.6 Å². The second-order valence-corrected chi connectivity index (χ2v) is 2.66. The maximum Gasteiger partial charge on any atom is 0.406 e. The Balaban J connectivity index is 2.65. The van der Waals surface area contributed by atoms with Crippen molar-refractivity contribution >= 4 is 17.7 Å². The molecule has 0 aliphatic heterocycles. The number of carboxylic acid groups (broad SMARTS) is 1. The predicted molar refractivity (Wildman–Crippen MR) is 46.2 cm³/mol. The molecule has 1 atom stereocenters. The Kier molecular flexibility index (Phi) is 2.94. The largest absolute Gasteiger partial charge is 0.465 e. The summed E-state index contributed by atoms with van der Waals surface area (Å²) in [5.41, 5.74) is 0.0604. The molecule has 0 aromatic heterocycles. The normalized spacial score (nSPS) is 12.1. The van der Waals surface area contributed by atoms with Gasteiger partial charge in [0, 0.05) is 0 Å². The Labute approximate surface area is 75.0 Å². The fraction of sp³-hybridized carbons (Fsp3) is 0.125. The number of alkyl halides is 1. The first-order chi connectivity index (χ1) is 5.70. The van der Waals surface area contributed by atoms with Gasteiger partial charge in [0.1, 0.15) is 5.50 Å². The Morgan fingerprint density at radius 2 is 2.00 bits per heavy atom. The summed E-state index contributed by atoms with van der Waals surface area (Å²) in [7, 11) is 0. The summed E-state index contributed by atoms with van der Waals surface area (Å²) in [5, 5.41) is 10.5. The first-order valence-corrected chi connectivity index (χ1v) is 3.82. The lowest BCUT2D eigenvalue weighted by Crippen LogP contribution is -2.22. The molecule has 1 amide bonds. The molecule has 0 spiro atoms. The molecule has 12 heavy (non-hydrogen) atoms. The average molecular weight is 186 g/mol. The van der Waals surface area contributed by atoms with Gasteiger partial charge >= 0.3 is 6.09 Å². The minimum Gasteiger partial charge on any atom is -0.465 e. The van der Waals surface area contributed by atoms with Crippen molar-refractivity contribution in [1.82, 2.24) is 5.32 Å². The molecular formula is C8H8ClNO2. The zero-order valence-electron chi connectivity index (χ0n) is 6.20. The zero-order chi connectivity index (χ0) is 8.97. The molecule has 2 N–H and O–H groups in total. The van der Waals surface area contributed by atoms with Crippen molar-refractivity contribution in [3.63, 3.8) is 0 Å². The van der Waals surface area contributed by atoms with E-state index in [0.29, 0.717) is 0 Å². The van der Waals surface area contributed by atoms with Crippen LogP contribution in [0, 0.1) is 0 Å². The molecule has 1 aromatic carbocycles. The number of amides is 1. The van der Waals surface area contributed by atoms with Crippen LogP contribution in [0.15, 0.2) is 30.3 Å². The first kappa shape index (κ1) is 8.87. The molecule has 0 saturated carbocycles. The second-order valence-electron chi connectivity index (χ2n) is 2.22. The van der Waals surface area contributed by atoms with Gasteiger partial charge in [0.05, 0.1) is 0 Å². The smallest absolute Gasteiger partial charge is 0.406 e. The van der Waals surface area contributed by atoms with Crippen LogP contribution in [-0.4, -0.2) is 11.2 Å². The number of benzene rings is 1. The molecule has 3 nitrogen and oxygen atoms in total. The zero-order valence-corrected chi connectivity index (χ0v) is 6.95. The van der Waals surface area contributed by atoms with Gasteiger partial charge in [-0.25, -0.2) is 4.79 Å². The van der Waals surface area contributed by atoms with Gasteiger partial charge in [-0.1, -0.05) is 41.9 Å². The molecular weight excluding hydrogens is 178 g/mol. The van der Waals surface area contributed by atoms with E-state index in [0.717, 1.165) is 5.56 Å². The minimum absolute atomic E-state index is 0.677. The van der Waals surface area contributed by atoms with Crippen LogP contribution in [0.1, 0.15) is 11.1 Å². The Bertz CT molecular complexity index is 263. The summed E-state index contributed by atoms with van der Waals surface area (Å²) in [6.07, 6.45) is -1.13. The van der Waals surface area contributed by atoms with E-state index in [2.05, 4.69) is 5.32 Å². The van der Waals surface area contributed by atoms with Crippen molar-refractivity contribution in [3.8, 4) is 0 Å². The second kappa shape index (κ2) is 3.97. The molecule has 0 heterocycles. The fourth-order valence-electron chi connectivity index (χ4n) is 0.814. The third-order valence-electron chi connectivity index (χ3n) is 1.34. The third kappa shape index (κ3) is 2.43. The van der Waals surface area contributed by atoms with Crippen LogP contribution in [0.5, 0.6) is 0 Å². The standard InChI is InChI=1S/C8H8ClNO2/c9-7(10-8(11)12)6-4-2-1-3-5-6/h1-5,7,10H,(H,11,12). The van der Waals surface area contributed by atoms with E-state index in [9.17, 15) is 4.79 Å². The van der Waals surface area contributed by atoms with Crippen molar-refractivity contribution < 1.29 is 9.90 Å². The van der Waals surface area contributed by atoms with Gasteiger partial charge < -0.3 is 10.4 Å². The number of halogens is 1. The van der Waals surface area contributed by atoms with Crippen LogP contribution in [-0.2, 0) is 0 Å². The third-order valence-corrected chi connectivity index (χ3v) is 1.70. The van der Waals surface area contributed by atoms with Crippen molar-refractivity contribution in [2.24, 2.45) is 0 Å². The maximum absolute atomic E-state index is 10.2. The molecule has 4 heteroatoms. The van der Waals surface area contributed by atoms with E-state index >= 15 is 0 Å². The number of hydrogen-bond acceptors (Lipinski definition) is 1. The summed E-state index contributed by atoms with van der Waals surface area (Å²) in [4.78, 5) is 10.2. The summed E-state index contributed by atoms with van der Waals surface area (Å²) in [6.45, 7) is 0. The van der Waals surface area contributed by atoms with Crippen LogP contribution in [0.2, 0.25) is 0 Å². The lowest BCUT2D eigenvalue weighted by Gasteiger charge is -2.08. The number of hydrogen-bond donors (Lipinski definition) is 2. The first-order valence-electron chi connectivity index (χ1n) is 3.38. The summed E-state index contributed by atoms with van der Waals surface area (Å²) >= 11 is 5.71. The highest BCUT2D eigenvalue weighted by Gasteiger charge is 2.08. The van der Waals surface area contributed by atoms with Crippen LogP contribution in [0.4, 0.5) is 4.79 Å². The van der Waals surface area contributed by atoms with Crippen LogP contribution < -0.4 is 5.32 Å². The summed E-state index contributed by atoms with van der Waals surface area (Å²) in [6, 6.07) is 8.96. The molecule has 0 bridgehead atoms. The fourth-order valence-corrected chi connectivity index (χ4v) is 1.05. The number of carbonyl (C=O) groups is 1. The lowest BCUT2D eigenvalue weighted by molar-refractivity contribution is 0.193. The van der Waals surface area contributed by atoms with E-state index in [1.807, 2.05) is 6.07 Å². The van der Waals surface area contributed by atoms with E-state index in [4.69, 9.17) is 16.7 Å². The number of nitrogens with one attached hydrogen (secondary N) is 1. The summed E-state index contributed by atoms with van der Waals surface area (Å²) < 4.78 is 0. The van der Waals surface area contributed by atoms with E-state index in [1.165, 1.54) is 0 Å². The molecule has 64 valence electrons. The maximum atomic E-state index is 10.2. The SMILES string of the molecule is O=C(O)NC(Cl)c1ccccc1. The quantitative estimate of drug-likeness (QED) is 0.548. The molecule has 0 aliphatic carbocycles. The average Bonchev–Trinajstić information content (AvgIpc) is 2.05. The van der Waals surface area contributed by atoms with Gasteiger partial charge in [0.15, 0.2) is 0 Å². The van der Waals surface area contributed by atoms with Crippen LogP contribution in [0.25, 0.3) is 0 Å². The lowest BCUT2D eigenvalue weighted by atomic mass is 10.2. The highest BCUT2D eigenvalue weighted by molar-refractivity contribution is 6.21. The molecule has 1 aromatic rings. The molecule has 0 fully saturated rings. The van der Waals surface area contributed by atoms with Gasteiger partial charge in [0.25, 0.3) is 0 Å². The van der Waals surface area contributed by atoms with Gasteiger partial charge in [-0.15, -0.1) is 0 Å². The molecule has 1 unspecified atom stereocenters. The monoisotopic (exact) mass is 185 g/mol. The highest BCUT2D eigenvalue weighted by atomic mass is 35.5. The van der Waals surface area contributed by atoms with Crippen molar-refractivity contribution in [3.05, 3.63) is 35.9 Å². The molecule has 0 radical (unpaired) electrons. The van der Waals surface area contributed by atoms with Gasteiger partial charge in [0.2, 0.25) is 0 Å². The van der Waals surface area contributed by atoms with E-state index in [1.54, 1.807) is 24.3 Å². The highest BCUT2D eigenvalue weighted by Crippen LogP contribution is 2.15. The van der Waals surface area contributed by atoms with Crippen molar-refractivity contribution in [2.45, 2.75) is 5.50 Å². The predicted octanol–water partition coefficient (Wildman–Crippen LogP) is 2.19. The number of rotatable bonds is 2. The van der Waals surface area contributed by atoms with Crippen molar-refractivity contribution in [2.75, 3.05) is 0 Å².